The molecular weight excluding hydrogens is 184 g/mol. The van der Waals surface area contributed by atoms with E-state index in [9.17, 15) is 0 Å². The maximum Gasteiger partial charge on any atom is 0.127 e. The van der Waals surface area contributed by atoms with Crippen molar-refractivity contribution in [1.82, 2.24) is 0 Å². The molecule has 0 saturated carbocycles. The number of benzene rings is 2. The molecule has 0 radical (unpaired) electrons. The van der Waals surface area contributed by atoms with Crippen LogP contribution in [0.15, 0.2) is 42.5 Å². The predicted molar refractivity (Wildman–Crippen MR) is 64.3 cm³/mol. The SMILES string of the molecule is CC(C)(C)Oc1cccc2ccccc12. The Hall–Kier alpha value is -1.50. The Bertz CT molecular complexity index is 461. The lowest BCUT2D eigenvalue weighted by Gasteiger charge is -2.22. The lowest BCUT2D eigenvalue weighted by molar-refractivity contribution is 0.133. The van der Waals surface area contributed by atoms with Crippen molar-refractivity contribution in [3.8, 4) is 5.75 Å². The maximum absolute atomic E-state index is 5.91. The van der Waals surface area contributed by atoms with E-state index in [1.165, 1.54) is 10.8 Å². The smallest absolute Gasteiger partial charge is 0.127 e. The minimum Gasteiger partial charge on any atom is -0.488 e. The van der Waals surface area contributed by atoms with Gasteiger partial charge in [0, 0.05) is 5.39 Å². The minimum atomic E-state index is -0.149. The first-order valence-electron chi connectivity index (χ1n) is 5.23. The normalized spacial score (nSPS) is 11.7. The minimum absolute atomic E-state index is 0.149. The van der Waals surface area contributed by atoms with Crippen LogP contribution in [0, 0.1) is 0 Å². The molecule has 0 aromatic heterocycles. The number of ether oxygens (including phenoxy) is 1. The zero-order valence-electron chi connectivity index (χ0n) is 9.45. The van der Waals surface area contributed by atoms with Gasteiger partial charge in [-0.15, -0.1) is 0 Å². The van der Waals surface area contributed by atoms with E-state index in [1.54, 1.807) is 0 Å². The van der Waals surface area contributed by atoms with E-state index < -0.39 is 0 Å². The third-order valence-electron chi connectivity index (χ3n) is 2.17. The molecule has 2 aromatic carbocycles. The Labute approximate surface area is 90.7 Å². The van der Waals surface area contributed by atoms with Crippen molar-refractivity contribution in [2.24, 2.45) is 0 Å². The Morgan fingerprint density at radius 1 is 0.867 bits per heavy atom. The molecular formula is C14H16O. The summed E-state index contributed by atoms with van der Waals surface area (Å²) in [6.07, 6.45) is 0. The van der Waals surface area contributed by atoms with Crippen LogP contribution in [0.4, 0.5) is 0 Å². The van der Waals surface area contributed by atoms with Gasteiger partial charge in [0.15, 0.2) is 0 Å². The van der Waals surface area contributed by atoms with Crippen LogP contribution in [0.5, 0.6) is 5.75 Å². The van der Waals surface area contributed by atoms with E-state index in [1.807, 2.05) is 24.3 Å². The van der Waals surface area contributed by atoms with Gasteiger partial charge in [0.05, 0.1) is 0 Å². The van der Waals surface area contributed by atoms with Crippen LogP contribution in [0.1, 0.15) is 20.8 Å². The highest BCUT2D eigenvalue weighted by Gasteiger charge is 2.13. The van der Waals surface area contributed by atoms with E-state index in [0.717, 1.165) is 5.75 Å². The fraction of sp³-hybridized carbons (Fsp3) is 0.286. The molecule has 0 aliphatic carbocycles. The lowest BCUT2D eigenvalue weighted by Crippen LogP contribution is -2.23. The van der Waals surface area contributed by atoms with Crippen molar-refractivity contribution in [2.45, 2.75) is 26.4 Å². The molecule has 2 rings (SSSR count). The molecule has 0 fully saturated rings. The van der Waals surface area contributed by atoms with Crippen molar-refractivity contribution < 1.29 is 4.74 Å². The van der Waals surface area contributed by atoms with Crippen molar-refractivity contribution in [2.75, 3.05) is 0 Å². The van der Waals surface area contributed by atoms with E-state index >= 15 is 0 Å². The lowest BCUT2D eigenvalue weighted by atomic mass is 10.1. The average molecular weight is 200 g/mol. The van der Waals surface area contributed by atoms with Gasteiger partial charge in [0.1, 0.15) is 11.4 Å². The first-order chi connectivity index (χ1) is 7.06. The molecule has 0 bridgehead atoms. The zero-order chi connectivity index (χ0) is 10.9. The van der Waals surface area contributed by atoms with E-state index in [0.29, 0.717) is 0 Å². The highest BCUT2D eigenvalue weighted by molar-refractivity contribution is 5.88. The topological polar surface area (TPSA) is 9.23 Å². The van der Waals surface area contributed by atoms with Crippen LogP contribution in [0.25, 0.3) is 10.8 Å². The summed E-state index contributed by atoms with van der Waals surface area (Å²) in [5.74, 6) is 0.959. The van der Waals surface area contributed by atoms with E-state index in [2.05, 4.69) is 39.0 Å². The first kappa shape index (κ1) is 10.0. The summed E-state index contributed by atoms with van der Waals surface area (Å²) in [6.45, 7) is 6.19. The Morgan fingerprint density at radius 3 is 2.27 bits per heavy atom. The molecule has 1 heteroatoms. The van der Waals surface area contributed by atoms with Crippen LogP contribution in [-0.2, 0) is 0 Å². The Kier molecular flexibility index (Phi) is 2.39. The summed E-state index contributed by atoms with van der Waals surface area (Å²) in [5.41, 5.74) is -0.149. The third kappa shape index (κ3) is 2.30. The van der Waals surface area contributed by atoms with Gasteiger partial charge < -0.3 is 4.74 Å². The zero-order valence-corrected chi connectivity index (χ0v) is 9.45. The number of hydrogen-bond donors (Lipinski definition) is 0. The second-order valence-corrected chi connectivity index (χ2v) is 4.69. The molecule has 0 amide bonds. The van der Waals surface area contributed by atoms with E-state index in [4.69, 9.17) is 4.74 Å². The second kappa shape index (κ2) is 3.58. The number of hydrogen-bond acceptors (Lipinski definition) is 1. The van der Waals surface area contributed by atoms with Crippen LogP contribution in [0.2, 0.25) is 0 Å². The highest BCUT2D eigenvalue weighted by atomic mass is 16.5. The van der Waals surface area contributed by atoms with Gasteiger partial charge in [0.25, 0.3) is 0 Å². The van der Waals surface area contributed by atoms with Crippen LogP contribution < -0.4 is 4.74 Å². The van der Waals surface area contributed by atoms with Gasteiger partial charge in [-0.3, -0.25) is 0 Å². The highest BCUT2D eigenvalue weighted by Crippen LogP contribution is 2.27. The molecule has 0 aliphatic rings. The molecule has 0 spiro atoms. The van der Waals surface area contributed by atoms with Crippen molar-refractivity contribution >= 4 is 10.8 Å². The quantitative estimate of drug-likeness (QED) is 0.675. The summed E-state index contributed by atoms with van der Waals surface area (Å²) in [6, 6.07) is 14.4. The molecule has 0 aliphatic heterocycles. The second-order valence-electron chi connectivity index (χ2n) is 4.69. The molecule has 0 saturated heterocycles. The van der Waals surface area contributed by atoms with Crippen molar-refractivity contribution in [3.05, 3.63) is 42.5 Å². The van der Waals surface area contributed by atoms with Gasteiger partial charge in [-0.05, 0) is 32.2 Å². The van der Waals surface area contributed by atoms with Gasteiger partial charge in [-0.25, -0.2) is 0 Å². The largest absolute Gasteiger partial charge is 0.488 e. The predicted octanol–water partition coefficient (Wildman–Crippen LogP) is 4.02. The molecule has 0 atom stereocenters. The summed E-state index contributed by atoms with van der Waals surface area (Å²) in [5, 5.41) is 2.40. The fourth-order valence-electron chi connectivity index (χ4n) is 1.61. The monoisotopic (exact) mass is 200 g/mol. The first-order valence-corrected chi connectivity index (χ1v) is 5.23. The maximum atomic E-state index is 5.91. The Morgan fingerprint density at radius 2 is 1.53 bits per heavy atom. The fourth-order valence-corrected chi connectivity index (χ4v) is 1.61. The van der Waals surface area contributed by atoms with Gasteiger partial charge in [-0.1, -0.05) is 36.4 Å². The molecule has 0 heterocycles. The van der Waals surface area contributed by atoms with Gasteiger partial charge >= 0.3 is 0 Å². The summed E-state index contributed by atoms with van der Waals surface area (Å²) in [4.78, 5) is 0. The van der Waals surface area contributed by atoms with E-state index in [-0.39, 0.29) is 5.60 Å². The third-order valence-corrected chi connectivity index (χ3v) is 2.17. The van der Waals surface area contributed by atoms with Crippen molar-refractivity contribution in [1.29, 1.82) is 0 Å². The van der Waals surface area contributed by atoms with Crippen molar-refractivity contribution in [3.63, 3.8) is 0 Å². The van der Waals surface area contributed by atoms with Crippen LogP contribution >= 0.6 is 0 Å². The summed E-state index contributed by atoms with van der Waals surface area (Å²) in [7, 11) is 0. The Balaban J connectivity index is 2.52. The van der Waals surface area contributed by atoms with Gasteiger partial charge in [0.2, 0.25) is 0 Å². The molecule has 2 aromatic rings. The van der Waals surface area contributed by atoms with Crippen LogP contribution in [0.3, 0.4) is 0 Å². The standard InChI is InChI=1S/C14H16O/c1-14(2,3)15-13-10-6-8-11-7-4-5-9-12(11)13/h4-10H,1-3H3. The number of rotatable bonds is 1. The molecule has 1 nitrogen and oxygen atoms in total. The summed E-state index contributed by atoms with van der Waals surface area (Å²) < 4.78 is 5.91. The molecule has 15 heavy (non-hydrogen) atoms. The molecule has 78 valence electrons. The van der Waals surface area contributed by atoms with Gasteiger partial charge in [-0.2, -0.15) is 0 Å². The average Bonchev–Trinajstić information content (AvgIpc) is 2.16. The summed E-state index contributed by atoms with van der Waals surface area (Å²) >= 11 is 0. The van der Waals surface area contributed by atoms with Crippen LogP contribution in [-0.4, -0.2) is 5.60 Å². The molecule has 0 N–H and O–H groups in total. The number of fused-ring (bicyclic) bond motifs is 1. The molecule has 0 unspecified atom stereocenters.